The van der Waals surface area contributed by atoms with Crippen molar-refractivity contribution in [3.63, 3.8) is 0 Å². The van der Waals surface area contributed by atoms with Crippen molar-refractivity contribution < 1.29 is 5.11 Å². The van der Waals surface area contributed by atoms with Crippen LogP contribution in [-0.4, -0.2) is 17.8 Å². The molecule has 0 saturated heterocycles. The Labute approximate surface area is 122 Å². The SMILES string of the molecule is OC1CCCC(CNCc2ccc(Br)c(Cl)c2)C1. The smallest absolute Gasteiger partial charge is 0.0551 e. The zero-order chi connectivity index (χ0) is 13.0. The lowest BCUT2D eigenvalue weighted by atomic mass is 9.87. The van der Waals surface area contributed by atoms with Crippen LogP contribution in [0.15, 0.2) is 22.7 Å². The average Bonchev–Trinajstić information content (AvgIpc) is 2.34. The van der Waals surface area contributed by atoms with Crippen LogP contribution in [-0.2, 0) is 6.54 Å². The van der Waals surface area contributed by atoms with E-state index in [0.717, 1.165) is 41.8 Å². The fourth-order valence-electron chi connectivity index (χ4n) is 2.52. The fourth-order valence-corrected chi connectivity index (χ4v) is 2.97. The summed E-state index contributed by atoms with van der Waals surface area (Å²) in [5, 5.41) is 13.8. The third-order valence-corrected chi connectivity index (χ3v) is 4.73. The van der Waals surface area contributed by atoms with Crippen molar-refractivity contribution >= 4 is 27.5 Å². The summed E-state index contributed by atoms with van der Waals surface area (Å²) in [5.74, 6) is 0.611. The molecule has 4 heteroatoms. The molecule has 0 heterocycles. The van der Waals surface area contributed by atoms with E-state index in [-0.39, 0.29) is 6.10 Å². The summed E-state index contributed by atoms with van der Waals surface area (Å²) < 4.78 is 0.934. The molecule has 0 radical (unpaired) electrons. The van der Waals surface area contributed by atoms with Gasteiger partial charge in [0.2, 0.25) is 0 Å². The van der Waals surface area contributed by atoms with Gasteiger partial charge in [-0.15, -0.1) is 0 Å². The second-order valence-electron chi connectivity index (χ2n) is 5.07. The number of halogens is 2. The molecule has 1 aromatic rings. The van der Waals surface area contributed by atoms with Crippen molar-refractivity contribution in [1.29, 1.82) is 0 Å². The summed E-state index contributed by atoms with van der Waals surface area (Å²) in [7, 11) is 0. The molecule has 1 saturated carbocycles. The molecule has 0 aliphatic heterocycles. The highest BCUT2D eigenvalue weighted by Gasteiger charge is 2.19. The lowest BCUT2D eigenvalue weighted by Crippen LogP contribution is -2.28. The van der Waals surface area contributed by atoms with Crippen LogP contribution in [0.25, 0.3) is 0 Å². The largest absolute Gasteiger partial charge is 0.393 e. The molecular weight excluding hydrogens is 314 g/mol. The summed E-state index contributed by atoms with van der Waals surface area (Å²) in [6.07, 6.45) is 4.20. The molecule has 1 aliphatic carbocycles. The van der Waals surface area contributed by atoms with E-state index in [4.69, 9.17) is 11.6 Å². The molecular formula is C14H19BrClNO. The number of benzene rings is 1. The Morgan fingerprint density at radius 1 is 1.39 bits per heavy atom. The van der Waals surface area contributed by atoms with Gasteiger partial charge in [-0.3, -0.25) is 0 Å². The molecule has 100 valence electrons. The first-order valence-corrected chi connectivity index (χ1v) is 7.65. The van der Waals surface area contributed by atoms with Crippen LogP contribution in [0.1, 0.15) is 31.2 Å². The molecule has 1 aromatic carbocycles. The maximum atomic E-state index is 9.61. The molecule has 1 aliphatic rings. The van der Waals surface area contributed by atoms with E-state index in [2.05, 4.69) is 27.3 Å². The zero-order valence-electron chi connectivity index (χ0n) is 10.3. The van der Waals surface area contributed by atoms with Gasteiger partial charge >= 0.3 is 0 Å². The highest BCUT2D eigenvalue weighted by Crippen LogP contribution is 2.24. The summed E-state index contributed by atoms with van der Waals surface area (Å²) >= 11 is 9.44. The van der Waals surface area contributed by atoms with Crippen LogP contribution in [0.3, 0.4) is 0 Å². The molecule has 2 atom stereocenters. The van der Waals surface area contributed by atoms with Gasteiger partial charge in [-0.1, -0.05) is 24.1 Å². The van der Waals surface area contributed by atoms with E-state index < -0.39 is 0 Å². The van der Waals surface area contributed by atoms with Gasteiger partial charge in [0.25, 0.3) is 0 Å². The molecule has 0 amide bonds. The van der Waals surface area contributed by atoms with E-state index in [1.54, 1.807) is 0 Å². The Hall–Kier alpha value is -0.0900. The lowest BCUT2D eigenvalue weighted by molar-refractivity contribution is 0.101. The maximum Gasteiger partial charge on any atom is 0.0551 e. The van der Waals surface area contributed by atoms with Crippen molar-refractivity contribution in [1.82, 2.24) is 5.32 Å². The first kappa shape index (κ1) is 14.3. The van der Waals surface area contributed by atoms with Crippen LogP contribution < -0.4 is 5.32 Å². The van der Waals surface area contributed by atoms with Gasteiger partial charge in [0.15, 0.2) is 0 Å². The van der Waals surface area contributed by atoms with Gasteiger partial charge in [-0.25, -0.2) is 0 Å². The maximum absolute atomic E-state index is 9.61. The Kier molecular flexibility index (Phi) is 5.49. The van der Waals surface area contributed by atoms with Gasteiger partial charge in [0.1, 0.15) is 0 Å². The number of rotatable bonds is 4. The monoisotopic (exact) mass is 331 g/mol. The van der Waals surface area contributed by atoms with Crippen LogP contribution in [0.5, 0.6) is 0 Å². The summed E-state index contributed by atoms with van der Waals surface area (Å²) in [6, 6.07) is 6.02. The predicted molar refractivity (Wildman–Crippen MR) is 78.8 cm³/mol. The van der Waals surface area contributed by atoms with Gasteiger partial charge in [-0.2, -0.15) is 0 Å². The molecule has 0 aromatic heterocycles. The third kappa shape index (κ3) is 4.23. The minimum absolute atomic E-state index is 0.0901. The minimum Gasteiger partial charge on any atom is -0.393 e. The quantitative estimate of drug-likeness (QED) is 0.880. The van der Waals surface area contributed by atoms with Crippen LogP contribution in [0.4, 0.5) is 0 Å². The number of hydrogen-bond donors (Lipinski definition) is 2. The molecule has 2 unspecified atom stereocenters. The molecule has 18 heavy (non-hydrogen) atoms. The first-order chi connectivity index (χ1) is 8.65. The first-order valence-electron chi connectivity index (χ1n) is 6.48. The average molecular weight is 333 g/mol. The lowest BCUT2D eigenvalue weighted by Gasteiger charge is -2.26. The molecule has 1 fully saturated rings. The zero-order valence-corrected chi connectivity index (χ0v) is 12.7. The van der Waals surface area contributed by atoms with E-state index in [1.165, 1.54) is 12.0 Å². The van der Waals surface area contributed by atoms with Gasteiger partial charge < -0.3 is 10.4 Å². The highest BCUT2D eigenvalue weighted by molar-refractivity contribution is 9.10. The molecule has 2 rings (SSSR count). The van der Waals surface area contributed by atoms with Gasteiger partial charge in [-0.05, 0) is 65.4 Å². The van der Waals surface area contributed by atoms with Crippen molar-refractivity contribution in [2.75, 3.05) is 6.54 Å². The molecule has 0 spiro atoms. The standard InChI is InChI=1S/C14H19BrClNO/c15-13-5-4-11(7-14(13)16)9-17-8-10-2-1-3-12(18)6-10/h4-5,7,10,12,17-18H,1-3,6,8-9H2. The van der Waals surface area contributed by atoms with Crippen molar-refractivity contribution in [2.24, 2.45) is 5.92 Å². The molecule has 2 nitrogen and oxygen atoms in total. The van der Waals surface area contributed by atoms with Crippen molar-refractivity contribution in [2.45, 2.75) is 38.3 Å². The summed E-state index contributed by atoms with van der Waals surface area (Å²) in [4.78, 5) is 0. The highest BCUT2D eigenvalue weighted by atomic mass is 79.9. The van der Waals surface area contributed by atoms with E-state index in [1.807, 2.05) is 12.1 Å². The fraction of sp³-hybridized carbons (Fsp3) is 0.571. The van der Waals surface area contributed by atoms with Crippen LogP contribution in [0, 0.1) is 5.92 Å². The Morgan fingerprint density at radius 3 is 2.94 bits per heavy atom. The number of nitrogens with one attached hydrogen (secondary N) is 1. The van der Waals surface area contributed by atoms with Crippen LogP contribution >= 0.6 is 27.5 Å². The predicted octanol–water partition coefficient (Wildman–Crippen LogP) is 3.74. The second kappa shape index (κ2) is 6.90. The Bertz CT molecular complexity index is 399. The summed E-state index contributed by atoms with van der Waals surface area (Å²) in [5.41, 5.74) is 1.19. The third-order valence-electron chi connectivity index (χ3n) is 3.50. The molecule has 0 bridgehead atoms. The summed E-state index contributed by atoms with van der Waals surface area (Å²) in [6.45, 7) is 1.81. The van der Waals surface area contributed by atoms with E-state index in [9.17, 15) is 5.11 Å². The normalized spacial score (nSPS) is 24.2. The Balaban J connectivity index is 1.76. The van der Waals surface area contributed by atoms with Gasteiger partial charge in [0.05, 0.1) is 11.1 Å². The van der Waals surface area contributed by atoms with Crippen molar-refractivity contribution in [3.05, 3.63) is 33.3 Å². The number of aliphatic hydroxyl groups is 1. The van der Waals surface area contributed by atoms with Crippen LogP contribution in [0.2, 0.25) is 5.02 Å². The minimum atomic E-state index is -0.0901. The number of hydrogen-bond acceptors (Lipinski definition) is 2. The van der Waals surface area contributed by atoms with Gasteiger partial charge in [0, 0.05) is 11.0 Å². The van der Waals surface area contributed by atoms with E-state index >= 15 is 0 Å². The topological polar surface area (TPSA) is 32.3 Å². The van der Waals surface area contributed by atoms with E-state index in [0.29, 0.717) is 5.92 Å². The number of aliphatic hydroxyl groups excluding tert-OH is 1. The molecule has 2 N–H and O–H groups in total. The van der Waals surface area contributed by atoms with Crippen molar-refractivity contribution in [3.8, 4) is 0 Å². The Morgan fingerprint density at radius 2 is 2.22 bits per heavy atom. The second-order valence-corrected chi connectivity index (χ2v) is 6.33.